The van der Waals surface area contributed by atoms with Gasteiger partial charge in [0.05, 0.1) is 12.1 Å². The molecule has 0 aliphatic carbocycles. The molecule has 1 aromatic heterocycles. The number of pyridine rings is 1. The highest BCUT2D eigenvalue weighted by Gasteiger charge is 2.06. The predicted molar refractivity (Wildman–Crippen MR) is 92.1 cm³/mol. The maximum atomic E-state index is 5.61. The molecule has 2 aromatic carbocycles. The predicted octanol–water partition coefficient (Wildman–Crippen LogP) is 4.99. The van der Waals surface area contributed by atoms with Gasteiger partial charge in [-0.1, -0.05) is 17.7 Å². The van der Waals surface area contributed by atoms with Crippen LogP contribution in [0.4, 0.5) is 11.4 Å². The Balaban J connectivity index is 2.05. The molecule has 0 aliphatic heterocycles. The van der Waals surface area contributed by atoms with E-state index < -0.39 is 0 Å². The molecule has 3 heteroatoms. The zero-order valence-corrected chi connectivity index (χ0v) is 13.2. The minimum Gasteiger partial charge on any atom is -0.494 e. The third-order valence-corrected chi connectivity index (χ3v) is 3.55. The van der Waals surface area contributed by atoms with Gasteiger partial charge in [-0.2, -0.15) is 0 Å². The summed E-state index contributed by atoms with van der Waals surface area (Å²) in [5.74, 6) is 0.868. The van der Waals surface area contributed by atoms with Crippen molar-refractivity contribution in [1.29, 1.82) is 0 Å². The van der Waals surface area contributed by atoms with Crippen LogP contribution in [0, 0.1) is 13.8 Å². The van der Waals surface area contributed by atoms with Gasteiger partial charge in [0.15, 0.2) is 0 Å². The summed E-state index contributed by atoms with van der Waals surface area (Å²) in [4.78, 5) is 4.60. The smallest absolute Gasteiger partial charge is 0.120 e. The van der Waals surface area contributed by atoms with Gasteiger partial charge >= 0.3 is 0 Å². The van der Waals surface area contributed by atoms with Gasteiger partial charge in [-0.25, -0.2) is 0 Å². The summed E-state index contributed by atoms with van der Waals surface area (Å²) >= 11 is 0. The van der Waals surface area contributed by atoms with Crippen molar-refractivity contribution in [3.8, 4) is 5.75 Å². The lowest BCUT2D eigenvalue weighted by Gasteiger charge is -2.12. The standard InChI is InChI=1S/C19H20N2O/c1-4-22-16-9-10-18-17(12-16)19(11-14(3)20-18)21-15-7-5-13(2)6-8-15/h5-12H,4H2,1-3H3,(H,20,21). The zero-order valence-electron chi connectivity index (χ0n) is 13.2. The second-order valence-electron chi connectivity index (χ2n) is 5.41. The van der Waals surface area contributed by atoms with Crippen LogP contribution in [0.5, 0.6) is 5.75 Å². The third-order valence-electron chi connectivity index (χ3n) is 3.55. The number of benzene rings is 2. The monoisotopic (exact) mass is 292 g/mol. The molecular weight excluding hydrogens is 272 g/mol. The molecule has 0 atom stereocenters. The van der Waals surface area contributed by atoms with E-state index in [1.165, 1.54) is 5.56 Å². The molecule has 22 heavy (non-hydrogen) atoms. The fourth-order valence-electron chi connectivity index (χ4n) is 2.49. The number of aryl methyl sites for hydroxylation is 2. The van der Waals surface area contributed by atoms with Crippen LogP contribution in [0.15, 0.2) is 48.5 Å². The first-order valence-electron chi connectivity index (χ1n) is 7.53. The van der Waals surface area contributed by atoms with Crippen LogP contribution >= 0.6 is 0 Å². The normalized spacial score (nSPS) is 10.7. The van der Waals surface area contributed by atoms with Crippen molar-refractivity contribution in [3.05, 3.63) is 59.8 Å². The number of hydrogen-bond donors (Lipinski definition) is 1. The Morgan fingerprint density at radius 3 is 2.50 bits per heavy atom. The first kappa shape index (κ1) is 14.4. The quantitative estimate of drug-likeness (QED) is 0.735. The molecule has 3 rings (SSSR count). The summed E-state index contributed by atoms with van der Waals surface area (Å²) in [5.41, 5.74) is 5.33. The van der Waals surface area contributed by atoms with Gasteiger partial charge in [-0.05, 0) is 57.2 Å². The van der Waals surface area contributed by atoms with Gasteiger partial charge in [0.25, 0.3) is 0 Å². The maximum absolute atomic E-state index is 5.61. The van der Waals surface area contributed by atoms with E-state index in [0.29, 0.717) is 6.61 Å². The van der Waals surface area contributed by atoms with Crippen LogP contribution in [0.25, 0.3) is 10.9 Å². The largest absolute Gasteiger partial charge is 0.494 e. The number of nitrogens with one attached hydrogen (secondary N) is 1. The summed E-state index contributed by atoms with van der Waals surface area (Å²) in [6, 6.07) is 16.5. The average Bonchev–Trinajstić information content (AvgIpc) is 2.50. The summed E-state index contributed by atoms with van der Waals surface area (Å²) in [6.45, 7) is 6.74. The SMILES string of the molecule is CCOc1ccc2nc(C)cc(Nc3ccc(C)cc3)c2c1. The molecule has 0 radical (unpaired) electrons. The Kier molecular flexibility index (Phi) is 3.96. The highest BCUT2D eigenvalue weighted by atomic mass is 16.5. The third kappa shape index (κ3) is 3.03. The lowest BCUT2D eigenvalue weighted by molar-refractivity contribution is 0.340. The number of nitrogens with zero attached hydrogens (tertiary/aromatic N) is 1. The summed E-state index contributed by atoms with van der Waals surface area (Å²) < 4.78 is 5.61. The van der Waals surface area contributed by atoms with Gasteiger partial charge in [0, 0.05) is 22.5 Å². The van der Waals surface area contributed by atoms with Gasteiger partial charge in [-0.15, -0.1) is 0 Å². The fourth-order valence-corrected chi connectivity index (χ4v) is 2.49. The molecule has 0 saturated heterocycles. The second kappa shape index (κ2) is 6.06. The van der Waals surface area contributed by atoms with E-state index >= 15 is 0 Å². The number of rotatable bonds is 4. The van der Waals surface area contributed by atoms with Crippen LogP contribution in [-0.4, -0.2) is 11.6 Å². The fraction of sp³-hybridized carbons (Fsp3) is 0.211. The molecular formula is C19H20N2O. The van der Waals surface area contributed by atoms with E-state index in [-0.39, 0.29) is 0 Å². The Bertz CT molecular complexity index is 794. The second-order valence-corrected chi connectivity index (χ2v) is 5.41. The first-order valence-corrected chi connectivity index (χ1v) is 7.53. The van der Waals surface area contributed by atoms with E-state index in [1.54, 1.807) is 0 Å². The van der Waals surface area contributed by atoms with Gasteiger partial charge in [0.1, 0.15) is 5.75 Å². The molecule has 3 aromatic rings. The molecule has 0 aliphatic rings. The molecule has 0 spiro atoms. The van der Waals surface area contributed by atoms with Crippen LogP contribution in [-0.2, 0) is 0 Å². The molecule has 0 bridgehead atoms. The number of ether oxygens (including phenoxy) is 1. The first-order chi connectivity index (χ1) is 10.7. The van der Waals surface area contributed by atoms with Crippen molar-refractivity contribution in [1.82, 2.24) is 4.98 Å². The van der Waals surface area contributed by atoms with Gasteiger partial charge < -0.3 is 10.1 Å². The van der Waals surface area contributed by atoms with E-state index in [9.17, 15) is 0 Å². The molecule has 1 heterocycles. The van der Waals surface area contributed by atoms with Crippen LogP contribution in [0.1, 0.15) is 18.2 Å². The molecule has 0 saturated carbocycles. The minimum absolute atomic E-state index is 0.658. The van der Waals surface area contributed by atoms with Crippen molar-refractivity contribution in [2.75, 3.05) is 11.9 Å². The molecule has 112 valence electrons. The van der Waals surface area contributed by atoms with Crippen molar-refractivity contribution in [2.24, 2.45) is 0 Å². The van der Waals surface area contributed by atoms with E-state index in [1.807, 2.05) is 32.0 Å². The van der Waals surface area contributed by atoms with E-state index in [0.717, 1.165) is 33.7 Å². The highest BCUT2D eigenvalue weighted by molar-refractivity contribution is 5.94. The molecule has 0 unspecified atom stereocenters. The van der Waals surface area contributed by atoms with Gasteiger partial charge in [0.2, 0.25) is 0 Å². The van der Waals surface area contributed by atoms with Crippen molar-refractivity contribution in [2.45, 2.75) is 20.8 Å². The topological polar surface area (TPSA) is 34.1 Å². The van der Waals surface area contributed by atoms with E-state index in [4.69, 9.17) is 4.74 Å². The van der Waals surface area contributed by atoms with Crippen molar-refractivity contribution < 1.29 is 4.74 Å². The van der Waals surface area contributed by atoms with Gasteiger partial charge in [-0.3, -0.25) is 4.98 Å². The Morgan fingerprint density at radius 1 is 1.00 bits per heavy atom. The van der Waals surface area contributed by atoms with Crippen LogP contribution < -0.4 is 10.1 Å². The Morgan fingerprint density at radius 2 is 1.77 bits per heavy atom. The average molecular weight is 292 g/mol. The van der Waals surface area contributed by atoms with Crippen LogP contribution in [0.3, 0.4) is 0 Å². The number of hydrogen-bond acceptors (Lipinski definition) is 3. The molecule has 1 N–H and O–H groups in total. The lowest BCUT2D eigenvalue weighted by Crippen LogP contribution is -1.96. The molecule has 3 nitrogen and oxygen atoms in total. The van der Waals surface area contributed by atoms with Crippen molar-refractivity contribution >= 4 is 22.3 Å². The highest BCUT2D eigenvalue weighted by Crippen LogP contribution is 2.29. The summed E-state index contributed by atoms with van der Waals surface area (Å²) in [6.07, 6.45) is 0. The number of anilines is 2. The molecule has 0 fully saturated rings. The Hall–Kier alpha value is -2.55. The number of aromatic nitrogens is 1. The summed E-state index contributed by atoms with van der Waals surface area (Å²) in [7, 11) is 0. The Labute approximate surface area is 131 Å². The number of fused-ring (bicyclic) bond motifs is 1. The molecule has 0 amide bonds. The minimum atomic E-state index is 0.658. The van der Waals surface area contributed by atoms with Crippen LogP contribution in [0.2, 0.25) is 0 Å². The van der Waals surface area contributed by atoms with Crippen molar-refractivity contribution in [3.63, 3.8) is 0 Å². The maximum Gasteiger partial charge on any atom is 0.120 e. The van der Waals surface area contributed by atoms with E-state index in [2.05, 4.69) is 47.6 Å². The summed E-state index contributed by atoms with van der Waals surface area (Å²) in [5, 5.41) is 4.56. The lowest BCUT2D eigenvalue weighted by atomic mass is 10.1. The zero-order chi connectivity index (χ0) is 15.5.